The molecule has 11 nitrogen and oxygen atoms in total. The van der Waals surface area contributed by atoms with Crippen LogP contribution in [0.1, 0.15) is 46.2 Å². The number of aryl methyl sites for hydroxylation is 1. The predicted octanol–water partition coefficient (Wildman–Crippen LogP) is 3.44. The fourth-order valence-electron chi connectivity index (χ4n) is 5.35. The number of carbonyl (C=O) groups excluding carboxylic acids is 2. The van der Waals surface area contributed by atoms with Crippen molar-refractivity contribution in [3.8, 4) is 11.6 Å². The van der Waals surface area contributed by atoms with E-state index >= 15 is 0 Å². The number of benzene rings is 1. The summed E-state index contributed by atoms with van der Waals surface area (Å²) >= 11 is 0. The van der Waals surface area contributed by atoms with E-state index in [1.54, 1.807) is 13.8 Å². The Hall–Kier alpha value is -4.46. The van der Waals surface area contributed by atoms with Crippen molar-refractivity contribution in [1.29, 1.82) is 0 Å². The van der Waals surface area contributed by atoms with Crippen LogP contribution < -0.4 is 10.1 Å². The quantitative estimate of drug-likeness (QED) is 0.476. The molecule has 0 spiro atoms. The number of urea groups is 1. The van der Waals surface area contributed by atoms with Gasteiger partial charge in [-0.3, -0.25) is 4.79 Å². The molecule has 3 aromatic rings. The molecule has 0 unspecified atom stereocenters. The van der Waals surface area contributed by atoms with E-state index in [1.165, 1.54) is 39.0 Å². The van der Waals surface area contributed by atoms with Gasteiger partial charge in [0.15, 0.2) is 17.4 Å². The molecular formula is C28H28F3N7O4. The Kier molecular flexibility index (Phi) is 7.31. The standard InChI is InChI=1S/C28H28F3N7O4/c1-15-26(27(39)34-20-4-6-41-14-20)16(2)37(35-15)25-10-24(22(31)11-32-25)42-21-12-36(13-21)28(40)38-23(3-5-33-38)17-7-18(29)9-19(30)8-17/h5,7-11,20-21,23H,3-4,6,12-14H2,1-2H3,(H,34,39)/t20-,23-/m0/s1. The van der Waals surface area contributed by atoms with Gasteiger partial charge in [0.2, 0.25) is 0 Å². The van der Waals surface area contributed by atoms with Crippen molar-refractivity contribution >= 4 is 18.2 Å². The number of hydrogen-bond donors (Lipinski definition) is 1. The maximum absolute atomic E-state index is 14.7. The number of carbonyl (C=O) groups is 2. The van der Waals surface area contributed by atoms with Gasteiger partial charge in [0.1, 0.15) is 17.7 Å². The minimum Gasteiger partial charge on any atom is -0.483 e. The van der Waals surface area contributed by atoms with E-state index in [0.717, 1.165) is 18.7 Å². The minimum atomic E-state index is -0.736. The Bertz CT molecular complexity index is 1550. The molecule has 6 rings (SSSR count). The highest BCUT2D eigenvalue weighted by Gasteiger charge is 2.39. The van der Waals surface area contributed by atoms with E-state index in [0.29, 0.717) is 42.1 Å². The molecule has 42 heavy (non-hydrogen) atoms. The summed E-state index contributed by atoms with van der Waals surface area (Å²) in [5.41, 5.74) is 1.74. The summed E-state index contributed by atoms with van der Waals surface area (Å²) in [7, 11) is 0. The summed E-state index contributed by atoms with van der Waals surface area (Å²) in [5.74, 6) is -2.25. The number of rotatable bonds is 6. The molecule has 14 heteroatoms. The summed E-state index contributed by atoms with van der Waals surface area (Å²) in [6, 6.07) is 3.36. The van der Waals surface area contributed by atoms with Crippen LogP contribution in [0.3, 0.4) is 0 Å². The lowest BCUT2D eigenvalue weighted by Gasteiger charge is -2.41. The Morgan fingerprint density at radius 2 is 1.86 bits per heavy atom. The third kappa shape index (κ3) is 5.29. The van der Waals surface area contributed by atoms with E-state index in [4.69, 9.17) is 9.47 Å². The number of hydrogen-bond acceptors (Lipinski definition) is 7. The van der Waals surface area contributed by atoms with Gasteiger partial charge in [0.05, 0.1) is 54.9 Å². The second-order valence-corrected chi connectivity index (χ2v) is 10.5. The van der Waals surface area contributed by atoms with Crippen molar-refractivity contribution in [1.82, 2.24) is 30.0 Å². The van der Waals surface area contributed by atoms with Gasteiger partial charge in [-0.1, -0.05) is 0 Å². The van der Waals surface area contributed by atoms with Gasteiger partial charge in [0, 0.05) is 31.4 Å². The Morgan fingerprint density at radius 1 is 1.10 bits per heavy atom. The Labute approximate surface area is 238 Å². The van der Waals surface area contributed by atoms with Crippen molar-refractivity contribution in [2.75, 3.05) is 26.3 Å². The summed E-state index contributed by atoms with van der Waals surface area (Å²) in [5, 5.41) is 12.7. The zero-order valence-corrected chi connectivity index (χ0v) is 22.9. The average molecular weight is 584 g/mol. The monoisotopic (exact) mass is 583 g/mol. The number of nitrogens with zero attached hydrogens (tertiary/aromatic N) is 6. The lowest BCUT2D eigenvalue weighted by atomic mass is 10.0. The average Bonchev–Trinajstić information content (AvgIpc) is 3.67. The highest BCUT2D eigenvalue weighted by atomic mass is 19.1. The number of hydrazone groups is 1. The largest absolute Gasteiger partial charge is 0.483 e. The van der Waals surface area contributed by atoms with Gasteiger partial charge < -0.3 is 19.7 Å². The molecule has 5 heterocycles. The second-order valence-electron chi connectivity index (χ2n) is 10.5. The predicted molar refractivity (Wildman–Crippen MR) is 143 cm³/mol. The lowest BCUT2D eigenvalue weighted by molar-refractivity contribution is 0.0256. The van der Waals surface area contributed by atoms with Gasteiger partial charge in [-0.15, -0.1) is 0 Å². The molecule has 0 bridgehead atoms. The molecule has 3 amide bonds. The van der Waals surface area contributed by atoms with E-state index in [-0.39, 0.29) is 36.6 Å². The second kappa shape index (κ2) is 11.1. The minimum absolute atomic E-state index is 0.0648. The summed E-state index contributed by atoms with van der Waals surface area (Å²) in [4.78, 5) is 31.6. The topological polar surface area (TPSA) is 114 Å². The fraction of sp³-hybridized carbons (Fsp3) is 0.393. The molecular weight excluding hydrogens is 555 g/mol. The maximum atomic E-state index is 14.7. The molecule has 2 aromatic heterocycles. The van der Waals surface area contributed by atoms with Crippen molar-refractivity contribution in [2.24, 2.45) is 5.10 Å². The lowest BCUT2D eigenvalue weighted by Crippen LogP contribution is -2.58. The molecule has 0 radical (unpaired) electrons. The molecule has 1 N–H and O–H groups in total. The van der Waals surface area contributed by atoms with Crippen LogP contribution >= 0.6 is 0 Å². The van der Waals surface area contributed by atoms with Crippen LogP contribution in [0.4, 0.5) is 18.0 Å². The SMILES string of the molecule is Cc1nn(-c2cc(OC3CN(C(=O)N4N=CC[C@H]4c4cc(F)cc(F)c4)C3)c(F)cn2)c(C)c1C(=O)N[C@H]1CCOC1. The van der Waals surface area contributed by atoms with Gasteiger partial charge in [-0.2, -0.15) is 10.2 Å². The Balaban J connectivity index is 1.11. The molecule has 2 fully saturated rings. The van der Waals surface area contributed by atoms with Crippen LogP contribution in [0, 0.1) is 31.3 Å². The molecule has 2 saturated heterocycles. The van der Waals surface area contributed by atoms with Crippen LogP contribution in [0.5, 0.6) is 5.75 Å². The molecule has 220 valence electrons. The van der Waals surface area contributed by atoms with Crippen LogP contribution in [-0.4, -0.2) is 81.3 Å². The van der Waals surface area contributed by atoms with E-state index in [2.05, 4.69) is 20.5 Å². The first-order valence-electron chi connectivity index (χ1n) is 13.5. The normalized spacial score (nSPS) is 20.2. The van der Waals surface area contributed by atoms with Crippen molar-refractivity contribution in [3.63, 3.8) is 0 Å². The summed E-state index contributed by atoms with van der Waals surface area (Å²) < 4.78 is 54.8. The Morgan fingerprint density at radius 3 is 2.57 bits per heavy atom. The van der Waals surface area contributed by atoms with Crippen LogP contribution in [-0.2, 0) is 4.74 Å². The van der Waals surface area contributed by atoms with Crippen molar-refractivity contribution < 1.29 is 32.2 Å². The number of halogens is 3. The molecule has 1 aromatic carbocycles. The van der Waals surface area contributed by atoms with Gasteiger partial charge >= 0.3 is 6.03 Å². The molecule has 3 aliphatic heterocycles. The van der Waals surface area contributed by atoms with Crippen LogP contribution in [0.2, 0.25) is 0 Å². The number of ether oxygens (including phenoxy) is 2. The highest BCUT2D eigenvalue weighted by molar-refractivity contribution is 5.96. The number of nitrogens with one attached hydrogen (secondary N) is 1. The molecule has 2 atom stereocenters. The molecule has 3 aliphatic rings. The molecule has 0 aliphatic carbocycles. The number of likely N-dealkylation sites (tertiary alicyclic amines) is 1. The zero-order chi connectivity index (χ0) is 29.5. The number of aromatic nitrogens is 3. The first kappa shape index (κ1) is 27.7. The maximum Gasteiger partial charge on any atom is 0.341 e. The van der Waals surface area contributed by atoms with Crippen LogP contribution in [0.25, 0.3) is 5.82 Å². The zero-order valence-electron chi connectivity index (χ0n) is 22.9. The van der Waals surface area contributed by atoms with Crippen LogP contribution in [0.15, 0.2) is 35.6 Å². The first-order valence-corrected chi connectivity index (χ1v) is 13.5. The third-order valence-electron chi connectivity index (χ3n) is 7.51. The third-order valence-corrected chi connectivity index (χ3v) is 7.51. The van der Waals surface area contributed by atoms with Gasteiger partial charge in [0.25, 0.3) is 5.91 Å². The van der Waals surface area contributed by atoms with Gasteiger partial charge in [-0.25, -0.2) is 32.6 Å². The number of pyridine rings is 1. The highest BCUT2D eigenvalue weighted by Crippen LogP contribution is 2.32. The fourth-order valence-corrected chi connectivity index (χ4v) is 5.35. The summed E-state index contributed by atoms with van der Waals surface area (Å²) in [6.07, 6.45) is 3.08. The van der Waals surface area contributed by atoms with E-state index < -0.39 is 35.6 Å². The van der Waals surface area contributed by atoms with E-state index in [1.807, 2.05) is 0 Å². The number of amides is 3. The van der Waals surface area contributed by atoms with E-state index in [9.17, 15) is 22.8 Å². The van der Waals surface area contributed by atoms with Gasteiger partial charge in [-0.05, 0) is 38.0 Å². The first-order chi connectivity index (χ1) is 20.2. The smallest absolute Gasteiger partial charge is 0.341 e. The van der Waals surface area contributed by atoms with Crippen molar-refractivity contribution in [3.05, 3.63) is 70.4 Å². The summed E-state index contributed by atoms with van der Waals surface area (Å²) in [6.45, 7) is 4.81. The molecule has 0 saturated carbocycles. The van der Waals surface area contributed by atoms with Crippen molar-refractivity contribution in [2.45, 2.75) is 44.9 Å².